The molecule has 0 aliphatic heterocycles. The zero-order valence-electron chi connectivity index (χ0n) is 5.92. The monoisotopic (exact) mass is 237 g/mol. The van der Waals surface area contributed by atoms with Crippen LogP contribution >= 0.6 is 15.9 Å². The minimum absolute atomic E-state index is 0.0828. The molecule has 0 aromatic carbocycles. The molecule has 0 radical (unpaired) electrons. The van der Waals surface area contributed by atoms with Gasteiger partial charge in [-0.05, 0) is 22.0 Å². The summed E-state index contributed by atoms with van der Waals surface area (Å²) in [7, 11) is 0. The Kier molecular flexibility index (Phi) is 2.74. The SMILES string of the molecule is OC(c1cccnc1)C(F)(F)Br. The standard InChI is InChI=1S/C7H6BrF2NO/c8-7(9,10)6(12)5-2-1-3-11-4-5/h1-4,6,12H. The van der Waals surface area contributed by atoms with Crippen LogP contribution in [0.1, 0.15) is 11.7 Å². The molecule has 0 spiro atoms. The highest BCUT2D eigenvalue weighted by Gasteiger charge is 2.36. The summed E-state index contributed by atoms with van der Waals surface area (Å²) in [6.45, 7) is 0. The summed E-state index contributed by atoms with van der Waals surface area (Å²) in [6, 6.07) is 2.87. The van der Waals surface area contributed by atoms with Crippen LogP contribution in [0.4, 0.5) is 8.78 Å². The smallest absolute Gasteiger partial charge is 0.330 e. The Hall–Kier alpha value is -0.550. The lowest BCUT2D eigenvalue weighted by Crippen LogP contribution is -2.18. The summed E-state index contributed by atoms with van der Waals surface area (Å²) < 4.78 is 24.9. The number of hydrogen-bond donors (Lipinski definition) is 1. The Morgan fingerprint density at radius 3 is 2.67 bits per heavy atom. The van der Waals surface area contributed by atoms with Crippen LogP contribution in [-0.2, 0) is 0 Å². The van der Waals surface area contributed by atoms with Gasteiger partial charge in [0.2, 0.25) is 0 Å². The molecule has 1 rings (SSSR count). The number of alkyl halides is 3. The summed E-state index contributed by atoms with van der Waals surface area (Å²) in [6.07, 6.45) is 0.786. The van der Waals surface area contributed by atoms with Gasteiger partial charge in [-0.1, -0.05) is 6.07 Å². The van der Waals surface area contributed by atoms with Gasteiger partial charge in [-0.15, -0.1) is 0 Å². The average molecular weight is 238 g/mol. The first-order valence-electron chi connectivity index (χ1n) is 3.16. The second-order valence-corrected chi connectivity index (χ2v) is 3.29. The first-order valence-corrected chi connectivity index (χ1v) is 3.96. The Labute approximate surface area is 76.4 Å². The van der Waals surface area contributed by atoms with Crippen LogP contribution in [0.25, 0.3) is 0 Å². The van der Waals surface area contributed by atoms with E-state index in [-0.39, 0.29) is 5.56 Å². The van der Waals surface area contributed by atoms with Crippen molar-refractivity contribution < 1.29 is 13.9 Å². The van der Waals surface area contributed by atoms with E-state index in [9.17, 15) is 8.78 Å². The third kappa shape index (κ3) is 2.22. The zero-order chi connectivity index (χ0) is 9.19. The minimum Gasteiger partial charge on any atom is -0.381 e. The number of rotatable bonds is 2. The molecule has 12 heavy (non-hydrogen) atoms. The second-order valence-electron chi connectivity index (χ2n) is 2.23. The summed E-state index contributed by atoms with van der Waals surface area (Å²) in [5.41, 5.74) is 0.0828. The lowest BCUT2D eigenvalue weighted by Gasteiger charge is -2.15. The molecule has 1 N–H and O–H groups in total. The van der Waals surface area contributed by atoms with E-state index in [0.29, 0.717) is 0 Å². The van der Waals surface area contributed by atoms with Gasteiger partial charge >= 0.3 is 4.83 Å². The van der Waals surface area contributed by atoms with Crippen molar-refractivity contribution in [2.24, 2.45) is 0 Å². The molecule has 2 nitrogen and oxygen atoms in total. The van der Waals surface area contributed by atoms with Gasteiger partial charge in [0.25, 0.3) is 0 Å². The molecule has 0 aliphatic carbocycles. The van der Waals surface area contributed by atoms with Gasteiger partial charge in [0, 0.05) is 18.0 Å². The highest BCUT2D eigenvalue weighted by Crippen LogP contribution is 2.35. The van der Waals surface area contributed by atoms with E-state index in [1.165, 1.54) is 24.5 Å². The van der Waals surface area contributed by atoms with Gasteiger partial charge in [0.05, 0.1) is 0 Å². The third-order valence-electron chi connectivity index (χ3n) is 1.31. The summed E-state index contributed by atoms with van der Waals surface area (Å²) in [5, 5.41) is 9.02. The first kappa shape index (κ1) is 9.54. The van der Waals surface area contributed by atoms with Crippen molar-refractivity contribution in [3.8, 4) is 0 Å². The predicted octanol–water partition coefficient (Wildman–Crippen LogP) is 2.10. The molecule has 0 bridgehead atoms. The molecule has 1 aromatic heterocycles. The van der Waals surface area contributed by atoms with Gasteiger partial charge in [-0.25, -0.2) is 0 Å². The molecule has 1 heterocycles. The lowest BCUT2D eigenvalue weighted by atomic mass is 10.2. The van der Waals surface area contributed by atoms with Crippen molar-refractivity contribution in [3.63, 3.8) is 0 Å². The second kappa shape index (κ2) is 3.45. The fourth-order valence-corrected chi connectivity index (χ4v) is 0.991. The molecule has 0 aliphatic rings. The minimum atomic E-state index is -3.31. The number of hydrogen-bond acceptors (Lipinski definition) is 2. The number of aromatic nitrogens is 1. The highest BCUT2D eigenvalue weighted by molar-refractivity contribution is 9.10. The summed E-state index contributed by atoms with van der Waals surface area (Å²) in [4.78, 5) is 0.296. The van der Waals surface area contributed by atoms with E-state index in [4.69, 9.17) is 5.11 Å². The fraction of sp³-hybridized carbons (Fsp3) is 0.286. The average Bonchev–Trinajstić information content (AvgIpc) is 2.03. The predicted molar refractivity (Wildman–Crippen MR) is 43.1 cm³/mol. The van der Waals surface area contributed by atoms with Crippen molar-refractivity contribution in [2.75, 3.05) is 0 Å². The van der Waals surface area contributed by atoms with Crippen LogP contribution in [-0.4, -0.2) is 14.9 Å². The van der Waals surface area contributed by atoms with E-state index in [1.807, 2.05) is 0 Å². The lowest BCUT2D eigenvalue weighted by molar-refractivity contribution is -0.0296. The summed E-state index contributed by atoms with van der Waals surface area (Å²) in [5.74, 6) is 0. The fourth-order valence-electron chi connectivity index (χ4n) is 0.727. The van der Waals surface area contributed by atoms with E-state index in [2.05, 4.69) is 20.9 Å². The van der Waals surface area contributed by atoms with Crippen molar-refractivity contribution in [2.45, 2.75) is 10.9 Å². The van der Waals surface area contributed by atoms with Crippen LogP contribution in [0, 0.1) is 0 Å². The molecule has 1 unspecified atom stereocenters. The Morgan fingerprint density at radius 1 is 1.58 bits per heavy atom. The van der Waals surface area contributed by atoms with E-state index < -0.39 is 10.9 Å². The number of nitrogens with zero attached hydrogens (tertiary/aromatic N) is 1. The van der Waals surface area contributed by atoms with Crippen molar-refractivity contribution in [1.29, 1.82) is 0 Å². The molecule has 1 aromatic rings. The van der Waals surface area contributed by atoms with Crippen LogP contribution in [0.3, 0.4) is 0 Å². The maximum Gasteiger partial charge on any atom is 0.330 e. The van der Waals surface area contributed by atoms with Crippen LogP contribution < -0.4 is 0 Å². The number of halogens is 3. The highest BCUT2D eigenvalue weighted by atomic mass is 79.9. The van der Waals surface area contributed by atoms with Crippen molar-refractivity contribution in [3.05, 3.63) is 30.1 Å². The van der Waals surface area contributed by atoms with Gasteiger partial charge < -0.3 is 5.11 Å². The number of aliphatic hydroxyl groups excluding tert-OH is 1. The van der Waals surface area contributed by atoms with E-state index in [1.54, 1.807) is 0 Å². The molecule has 0 amide bonds. The molecule has 5 heteroatoms. The quantitative estimate of drug-likeness (QED) is 0.800. The van der Waals surface area contributed by atoms with Gasteiger partial charge in [-0.2, -0.15) is 8.78 Å². The maximum atomic E-state index is 12.4. The Morgan fingerprint density at radius 2 is 2.25 bits per heavy atom. The Balaban J connectivity index is 2.86. The number of pyridine rings is 1. The van der Waals surface area contributed by atoms with Crippen molar-refractivity contribution >= 4 is 15.9 Å². The molecule has 0 fully saturated rings. The first-order chi connectivity index (χ1) is 5.52. The number of aliphatic hydroxyl groups is 1. The Bertz CT molecular complexity index is 249. The molecular formula is C7H6BrF2NO. The molecular weight excluding hydrogens is 232 g/mol. The molecule has 66 valence electrons. The van der Waals surface area contributed by atoms with Crippen LogP contribution in [0.5, 0.6) is 0 Å². The van der Waals surface area contributed by atoms with Gasteiger partial charge in [0.1, 0.15) is 0 Å². The summed E-state index contributed by atoms with van der Waals surface area (Å²) >= 11 is 2.07. The third-order valence-corrected chi connectivity index (χ3v) is 1.74. The van der Waals surface area contributed by atoms with Gasteiger partial charge in [0.15, 0.2) is 6.10 Å². The van der Waals surface area contributed by atoms with E-state index in [0.717, 1.165) is 0 Å². The molecule has 0 saturated carbocycles. The van der Waals surface area contributed by atoms with Gasteiger partial charge in [-0.3, -0.25) is 4.98 Å². The normalized spacial score (nSPS) is 14.3. The van der Waals surface area contributed by atoms with Crippen LogP contribution in [0.15, 0.2) is 24.5 Å². The molecule has 1 atom stereocenters. The van der Waals surface area contributed by atoms with Crippen LogP contribution in [0.2, 0.25) is 0 Å². The maximum absolute atomic E-state index is 12.4. The zero-order valence-corrected chi connectivity index (χ0v) is 7.50. The topological polar surface area (TPSA) is 33.1 Å². The van der Waals surface area contributed by atoms with E-state index >= 15 is 0 Å². The van der Waals surface area contributed by atoms with Crippen molar-refractivity contribution in [1.82, 2.24) is 4.98 Å². The largest absolute Gasteiger partial charge is 0.381 e. The molecule has 0 saturated heterocycles.